The molecule has 2 aliphatic rings. The first kappa shape index (κ1) is 17.3. The van der Waals surface area contributed by atoms with Crippen molar-refractivity contribution >= 4 is 15.7 Å². The van der Waals surface area contributed by atoms with E-state index < -0.39 is 33.1 Å². The summed E-state index contributed by atoms with van der Waals surface area (Å²) >= 11 is 0. The number of benzene rings is 1. The molecule has 132 valence electrons. The minimum Gasteiger partial charge on any atom is -0.352 e. The Bertz CT molecular complexity index is 750. The standard InChI is InChI=1S/C17H21F2NO3S/c1-10(14-7-11-2-3-12(14)6-11)20-17(21)9-24(22,23)13-4-5-15(18)16(19)8-13/h4-5,8,10-12,14H,2-3,6-7,9H2,1H3,(H,20,21). The Hall–Kier alpha value is -1.50. The lowest BCUT2D eigenvalue weighted by atomic mass is 9.84. The van der Waals surface area contributed by atoms with Gasteiger partial charge in [0.15, 0.2) is 21.5 Å². The van der Waals surface area contributed by atoms with Gasteiger partial charge in [0, 0.05) is 6.04 Å². The van der Waals surface area contributed by atoms with Gasteiger partial charge in [-0.05, 0) is 62.1 Å². The van der Waals surface area contributed by atoms with Crippen molar-refractivity contribution in [3.8, 4) is 0 Å². The molecule has 1 N–H and O–H groups in total. The van der Waals surface area contributed by atoms with Crippen LogP contribution in [-0.2, 0) is 14.6 Å². The Morgan fingerprint density at radius 2 is 2.00 bits per heavy atom. The summed E-state index contributed by atoms with van der Waals surface area (Å²) in [7, 11) is -4.00. The van der Waals surface area contributed by atoms with Gasteiger partial charge in [0.2, 0.25) is 5.91 Å². The molecule has 1 amide bonds. The highest BCUT2D eigenvalue weighted by Gasteiger charge is 2.42. The molecule has 24 heavy (non-hydrogen) atoms. The fourth-order valence-corrected chi connectivity index (χ4v) is 5.39. The van der Waals surface area contributed by atoms with Gasteiger partial charge >= 0.3 is 0 Å². The van der Waals surface area contributed by atoms with E-state index in [1.165, 1.54) is 19.3 Å². The molecule has 0 aliphatic heterocycles. The molecular weight excluding hydrogens is 336 g/mol. The Labute approximate surface area is 140 Å². The molecule has 2 fully saturated rings. The van der Waals surface area contributed by atoms with E-state index in [1.54, 1.807) is 0 Å². The van der Waals surface area contributed by atoms with Gasteiger partial charge < -0.3 is 5.32 Å². The summed E-state index contributed by atoms with van der Waals surface area (Å²) in [4.78, 5) is 11.7. The number of hydrogen-bond donors (Lipinski definition) is 1. The first-order valence-corrected chi connectivity index (χ1v) is 9.88. The maximum absolute atomic E-state index is 13.2. The summed E-state index contributed by atoms with van der Waals surface area (Å²) in [6.07, 6.45) is 4.73. The summed E-state index contributed by atoms with van der Waals surface area (Å²) in [6, 6.07) is 2.25. The monoisotopic (exact) mass is 357 g/mol. The molecule has 4 nitrogen and oxygen atoms in total. The van der Waals surface area contributed by atoms with Crippen molar-refractivity contribution in [2.75, 3.05) is 5.75 Å². The molecule has 2 aliphatic carbocycles. The molecule has 3 rings (SSSR count). The van der Waals surface area contributed by atoms with Gasteiger partial charge in [0.1, 0.15) is 5.75 Å². The lowest BCUT2D eigenvalue weighted by Crippen LogP contribution is -2.42. The molecule has 0 spiro atoms. The summed E-state index contributed by atoms with van der Waals surface area (Å²) in [6.45, 7) is 1.91. The zero-order chi connectivity index (χ0) is 17.5. The van der Waals surface area contributed by atoms with Gasteiger partial charge in [0.05, 0.1) is 4.90 Å². The van der Waals surface area contributed by atoms with Crippen molar-refractivity contribution in [1.82, 2.24) is 5.32 Å². The number of hydrogen-bond acceptors (Lipinski definition) is 3. The predicted octanol–water partition coefficient (Wildman–Crippen LogP) is 2.68. The van der Waals surface area contributed by atoms with E-state index in [9.17, 15) is 22.0 Å². The molecule has 2 saturated carbocycles. The fourth-order valence-electron chi connectivity index (χ4n) is 4.24. The normalized spacial score (nSPS) is 27.2. The molecule has 1 aromatic carbocycles. The van der Waals surface area contributed by atoms with Crippen molar-refractivity contribution in [3.63, 3.8) is 0 Å². The zero-order valence-electron chi connectivity index (χ0n) is 13.5. The molecule has 1 aromatic rings. The van der Waals surface area contributed by atoms with Crippen molar-refractivity contribution in [3.05, 3.63) is 29.8 Å². The highest BCUT2D eigenvalue weighted by atomic mass is 32.2. The Balaban J connectivity index is 1.62. The predicted molar refractivity (Wildman–Crippen MR) is 85.0 cm³/mol. The van der Waals surface area contributed by atoms with Crippen LogP contribution in [-0.4, -0.2) is 26.1 Å². The minimum atomic E-state index is -4.00. The van der Waals surface area contributed by atoms with E-state index in [1.807, 2.05) is 6.92 Å². The molecule has 0 radical (unpaired) electrons. The van der Waals surface area contributed by atoms with Crippen LogP contribution >= 0.6 is 0 Å². The van der Waals surface area contributed by atoms with Crippen LogP contribution in [0.1, 0.15) is 32.6 Å². The highest BCUT2D eigenvalue weighted by molar-refractivity contribution is 7.92. The van der Waals surface area contributed by atoms with Crippen molar-refractivity contribution in [2.24, 2.45) is 17.8 Å². The summed E-state index contributed by atoms with van der Waals surface area (Å²) in [5.41, 5.74) is 0. The Morgan fingerprint density at radius 3 is 2.58 bits per heavy atom. The molecule has 0 saturated heterocycles. The third-order valence-corrected chi connectivity index (χ3v) is 7.01. The van der Waals surface area contributed by atoms with Crippen LogP contribution in [0.15, 0.2) is 23.1 Å². The van der Waals surface area contributed by atoms with Crippen LogP contribution in [0.2, 0.25) is 0 Å². The molecular formula is C17H21F2NO3S. The fraction of sp³-hybridized carbons (Fsp3) is 0.588. The van der Waals surface area contributed by atoms with Crippen molar-refractivity contribution < 1.29 is 22.0 Å². The molecule has 4 unspecified atom stereocenters. The van der Waals surface area contributed by atoms with Crippen molar-refractivity contribution in [1.29, 1.82) is 0 Å². The Kier molecular flexibility index (Phi) is 4.64. The number of fused-ring (bicyclic) bond motifs is 2. The van der Waals surface area contributed by atoms with Gasteiger partial charge in [0.25, 0.3) is 0 Å². The topological polar surface area (TPSA) is 63.2 Å². The quantitative estimate of drug-likeness (QED) is 0.824. The van der Waals surface area contributed by atoms with Crippen molar-refractivity contribution in [2.45, 2.75) is 43.5 Å². The second kappa shape index (κ2) is 6.43. The lowest BCUT2D eigenvalue weighted by molar-refractivity contribution is -0.119. The van der Waals surface area contributed by atoms with E-state index in [0.29, 0.717) is 17.9 Å². The van der Waals surface area contributed by atoms with Gasteiger partial charge in [-0.15, -0.1) is 0 Å². The Morgan fingerprint density at radius 1 is 1.25 bits per heavy atom. The zero-order valence-corrected chi connectivity index (χ0v) is 14.3. The average Bonchev–Trinajstić information content (AvgIpc) is 3.12. The van der Waals surface area contributed by atoms with Crippen LogP contribution < -0.4 is 5.32 Å². The SMILES string of the molecule is CC(NC(=O)CS(=O)(=O)c1ccc(F)c(F)c1)C1CC2CCC1C2. The molecule has 2 bridgehead atoms. The van der Waals surface area contributed by atoms with Gasteiger partial charge in [-0.3, -0.25) is 4.79 Å². The second-order valence-electron chi connectivity index (χ2n) is 7.03. The number of carbonyl (C=O) groups excluding carboxylic acids is 1. The maximum atomic E-state index is 13.2. The van der Waals surface area contributed by atoms with Gasteiger partial charge in [-0.2, -0.15) is 0 Å². The van der Waals surface area contributed by atoms with E-state index in [-0.39, 0.29) is 10.9 Å². The van der Waals surface area contributed by atoms with E-state index in [2.05, 4.69) is 5.32 Å². The van der Waals surface area contributed by atoms with Crippen LogP contribution in [0.25, 0.3) is 0 Å². The summed E-state index contributed by atoms with van der Waals surface area (Å²) in [5.74, 6) is -1.97. The number of sulfone groups is 1. The third kappa shape index (κ3) is 3.45. The second-order valence-corrected chi connectivity index (χ2v) is 9.02. The number of amides is 1. The molecule has 0 aromatic heterocycles. The van der Waals surface area contributed by atoms with E-state index in [0.717, 1.165) is 24.5 Å². The van der Waals surface area contributed by atoms with Gasteiger partial charge in [-0.25, -0.2) is 17.2 Å². The van der Waals surface area contributed by atoms with Crippen LogP contribution in [0.4, 0.5) is 8.78 Å². The third-order valence-electron chi connectivity index (χ3n) is 5.39. The molecule has 4 atom stereocenters. The minimum absolute atomic E-state index is 0.0760. The van der Waals surface area contributed by atoms with Crippen LogP contribution in [0, 0.1) is 29.4 Å². The molecule has 0 heterocycles. The number of rotatable bonds is 5. The lowest BCUT2D eigenvalue weighted by Gasteiger charge is -2.28. The summed E-state index contributed by atoms with van der Waals surface area (Å²) in [5, 5.41) is 2.77. The maximum Gasteiger partial charge on any atom is 0.235 e. The largest absolute Gasteiger partial charge is 0.352 e. The number of carbonyl (C=O) groups is 1. The average molecular weight is 357 g/mol. The van der Waals surface area contributed by atoms with Crippen LogP contribution in [0.5, 0.6) is 0 Å². The molecule has 7 heteroatoms. The van der Waals surface area contributed by atoms with E-state index in [4.69, 9.17) is 0 Å². The van der Waals surface area contributed by atoms with E-state index >= 15 is 0 Å². The first-order chi connectivity index (χ1) is 11.3. The van der Waals surface area contributed by atoms with Gasteiger partial charge in [-0.1, -0.05) is 6.42 Å². The highest BCUT2D eigenvalue weighted by Crippen LogP contribution is 2.49. The summed E-state index contributed by atoms with van der Waals surface area (Å²) < 4.78 is 50.5. The number of nitrogens with one attached hydrogen (secondary N) is 1. The van der Waals surface area contributed by atoms with Crippen LogP contribution in [0.3, 0.4) is 0 Å². The number of halogens is 2. The first-order valence-electron chi connectivity index (χ1n) is 8.23. The smallest absolute Gasteiger partial charge is 0.235 e.